The van der Waals surface area contributed by atoms with Crippen LogP contribution in [0.5, 0.6) is 0 Å². The zero-order valence-electron chi connectivity index (χ0n) is 18.2. The summed E-state index contributed by atoms with van der Waals surface area (Å²) < 4.78 is 14.4. The fourth-order valence-corrected chi connectivity index (χ4v) is 6.02. The highest BCUT2D eigenvalue weighted by molar-refractivity contribution is 6.48. The monoisotopic (exact) mass is 494 g/mol. The molecule has 4 atom stereocenters. The third kappa shape index (κ3) is 4.35. The molecule has 1 aromatic carbocycles. The van der Waals surface area contributed by atoms with E-state index in [4.69, 9.17) is 23.2 Å². The molecule has 5 rings (SSSR count). The van der Waals surface area contributed by atoms with Crippen LogP contribution in [0.3, 0.4) is 0 Å². The van der Waals surface area contributed by atoms with Crippen molar-refractivity contribution in [3.8, 4) is 0 Å². The summed E-state index contributed by atoms with van der Waals surface area (Å²) in [4.78, 5) is 40.1. The van der Waals surface area contributed by atoms with Crippen LogP contribution in [0, 0.1) is 11.7 Å². The normalized spacial score (nSPS) is 27.9. The van der Waals surface area contributed by atoms with Gasteiger partial charge >= 0.3 is 0 Å². The van der Waals surface area contributed by atoms with Gasteiger partial charge in [-0.15, -0.1) is 23.2 Å². The van der Waals surface area contributed by atoms with Crippen molar-refractivity contribution in [2.24, 2.45) is 5.92 Å². The van der Waals surface area contributed by atoms with Crippen molar-refractivity contribution in [2.45, 2.75) is 74.5 Å². The van der Waals surface area contributed by atoms with Gasteiger partial charge in [-0.1, -0.05) is 0 Å². The minimum atomic E-state index is -0.839. The van der Waals surface area contributed by atoms with Crippen molar-refractivity contribution in [1.82, 2.24) is 20.0 Å². The van der Waals surface area contributed by atoms with Crippen LogP contribution >= 0.6 is 23.2 Å². The van der Waals surface area contributed by atoms with Crippen LogP contribution in [-0.4, -0.2) is 54.7 Å². The highest BCUT2D eigenvalue weighted by atomic mass is 35.5. The zero-order chi connectivity index (χ0) is 23.5. The number of hydrogen-bond donors (Lipinski definition) is 1. The van der Waals surface area contributed by atoms with Crippen molar-refractivity contribution >= 4 is 51.7 Å². The van der Waals surface area contributed by atoms with Gasteiger partial charge in [0, 0.05) is 30.8 Å². The van der Waals surface area contributed by atoms with E-state index in [9.17, 15) is 18.8 Å². The number of Topliss-reactive ketones (excluding diaryl/α,β-unsaturated/α-hetero) is 1. The molecule has 0 radical (unpaired) electrons. The van der Waals surface area contributed by atoms with E-state index in [0.717, 1.165) is 19.3 Å². The number of carbonyl (C=O) groups is 3. The van der Waals surface area contributed by atoms with Gasteiger partial charge in [-0.25, -0.2) is 4.39 Å². The number of likely N-dealkylation sites (tertiary alicyclic amines) is 1. The number of carbonyl (C=O) groups excluding carboxylic acids is 3. The highest BCUT2D eigenvalue weighted by Gasteiger charge is 2.56. The Kier molecular flexibility index (Phi) is 5.64. The summed E-state index contributed by atoms with van der Waals surface area (Å²) in [7, 11) is 0. The molecular formula is C23H25Cl2FN4O3. The van der Waals surface area contributed by atoms with Gasteiger partial charge in [-0.05, 0) is 56.2 Å². The van der Waals surface area contributed by atoms with Gasteiger partial charge in [0.15, 0.2) is 5.78 Å². The number of halogens is 3. The van der Waals surface area contributed by atoms with Crippen molar-refractivity contribution in [3.05, 3.63) is 29.7 Å². The van der Waals surface area contributed by atoms with Gasteiger partial charge in [0.1, 0.15) is 28.4 Å². The molecule has 2 saturated carbocycles. The average molecular weight is 495 g/mol. The Bertz CT molecular complexity index is 1150. The molecule has 7 nitrogen and oxygen atoms in total. The van der Waals surface area contributed by atoms with E-state index in [1.165, 1.54) is 29.8 Å². The number of nitrogens with one attached hydrogen (secondary N) is 1. The quantitative estimate of drug-likeness (QED) is 0.508. The Morgan fingerprint density at radius 3 is 2.79 bits per heavy atom. The predicted molar refractivity (Wildman–Crippen MR) is 122 cm³/mol. The number of alkyl halides is 2. The molecule has 1 N–H and O–H groups in total. The zero-order valence-corrected chi connectivity index (χ0v) is 19.7. The molecule has 0 spiro atoms. The van der Waals surface area contributed by atoms with Crippen LogP contribution in [0.4, 0.5) is 4.39 Å². The molecule has 10 heteroatoms. The molecule has 2 aliphatic carbocycles. The van der Waals surface area contributed by atoms with Gasteiger partial charge in [0.2, 0.25) is 11.8 Å². The number of nitrogens with zero attached hydrogens (tertiary/aromatic N) is 3. The molecule has 3 fully saturated rings. The van der Waals surface area contributed by atoms with Crippen LogP contribution in [-0.2, 0) is 16.1 Å². The Balaban J connectivity index is 1.34. The number of fused-ring (bicyclic) bond motifs is 2. The molecular weight excluding hydrogens is 470 g/mol. The summed E-state index contributed by atoms with van der Waals surface area (Å²) >= 11 is 12.6. The molecule has 176 valence electrons. The second-order valence-electron chi connectivity index (χ2n) is 9.50. The molecule has 2 heterocycles. The van der Waals surface area contributed by atoms with Crippen molar-refractivity contribution < 1.29 is 18.8 Å². The first-order valence-electron chi connectivity index (χ1n) is 11.3. The number of amides is 2. The Labute approximate surface area is 200 Å². The van der Waals surface area contributed by atoms with Crippen LogP contribution < -0.4 is 5.32 Å². The maximum atomic E-state index is 13.9. The molecule has 2 unspecified atom stereocenters. The van der Waals surface area contributed by atoms with Gasteiger partial charge < -0.3 is 10.2 Å². The van der Waals surface area contributed by atoms with Crippen LogP contribution in [0.15, 0.2) is 18.2 Å². The minimum absolute atomic E-state index is 0.0330. The van der Waals surface area contributed by atoms with E-state index in [2.05, 4.69) is 10.4 Å². The largest absolute Gasteiger partial charge is 0.351 e. The van der Waals surface area contributed by atoms with Crippen LogP contribution in [0.1, 0.15) is 55.9 Å². The number of ketones is 1. The fourth-order valence-electron chi connectivity index (χ4n) is 5.38. The molecule has 1 aliphatic heterocycles. The lowest BCUT2D eigenvalue weighted by atomic mass is 9.94. The smallest absolute Gasteiger partial charge is 0.245 e. The Morgan fingerprint density at radius 2 is 2.06 bits per heavy atom. The lowest BCUT2D eigenvalue weighted by Crippen LogP contribution is -2.52. The third-order valence-corrected chi connectivity index (χ3v) is 7.70. The van der Waals surface area contributed by atoms with E-state index in [-0.39, 0.29) is 41.9 Å². The first-order valence-corrected chi connectivity index (χ1v) is 12.0. The molecule has 1 aromatic heterocycles. The number of piperidine rings is 1. The van der Waals surface area contributed by atoms with Gasteiger partial charge in [0.25, 0.3) is 0 Å². The SMILES string of the molecule is CC(=O)c1nn(CC(=O)N2C3C[C@@H]3C[C@H]2C(=O)NC2CCCC(Cl)(Cl)C2)c2cc(F)ccc12. The summed E-state index contributed by atoms with van der Waals surface area (Å²) in [5.41, 5.74) is 0.574. The van der Waals surface area contributed by atoms with E-state index >= 15 is 0 Å². The topological polar surface area (TPSA) is 84.3 Å². The second-order valence-corrected chi connectivity index (χ2v) is 11.1. The fraction of sp³-hybridized carbons (Fsp3) is 0.565. The summed E-state index contributed by atoms with van der Waals surface area (Å²) in [5.74, 6) is -0.880. The van der Waals surface area contributed by atoms with Gasteiger partial charge in [0.05, 0.1) is 5.52 Å². The second kappa shape index (κ2) is 8.24. The first-order chi connectivity index (χ1) is 15.6. The Hall–Kier alpha value is -2.19. The maximum absolute atomic E-state index is 13.9. The predicted octanol–water partition coefficient (Wildman–Crippen LogP) is 3.60. The number of benzene rings is 1. The summed E-state index contributed by atoms with van der Waals surface area (Å²) in [6.45, 7) is 1.21. The summed E-state index contributed by atoms with van der Waals surface area (Å²) in [5, 5.41) is 7.83. The molecule has 2 aromatic rings. The molecule has 1 saturated heterocycles. The van der Waals surface area contributed by atoms with Crippen molar-refractivity contribution in [2.75, 3.05) is 0 Å². The van der Waals surface area contributed by atoms with Crippen molar-refractivity contribution in [3.63, 3.8) is 0 Å². The number of rotatable bonds is 5. The maximum Gasteiger partial charge on any atom is 0.245 e. The standard InChI is InChI=1S/C23H25Cl2FN4O3/c1-12(31)21-16-5-4-14(26)9-18(16)29(28-21)11-20(32)30-17-7-13(17)8-19(30)22(33)27-15-3-2-6-23(24,25)10-15/h4-5,9,13,15,17,19H,2-3,6-8,10-11H2,1H3,(H,27,33)/t13-,15?,17?,19+/m1/s1. The molecule has 33 heavy (non-hydrogen) atoms. The van der Waals surface area contributed by atoms with E-state index in [0.29, 0.717) is 36.1 Å². The van der Waals surface area contributed by atoms with Crippen LogP contribution in [0.25, 0.3) is 10.9 Å². The lowest BCUT2D eigenvalue weighted by Gasteiger charge is -2.34. The van der Waals surface area contributed by atoms with E-state index in [1.807, 2.05) is 0 Å². The van der Waals surface area contributed by atoms with Gasteiger partial charge in [-0.2, -0.15) is 5.10 Å². The van der Waals surface area contributed by atoms with Crippen LogP contribution in [0.2, 0.25) is 0 Å². The first kappa shape index (κ1) is 22.6. The van der Waals surface area contributed by atoms with Gasteiger partial charge in [-0.3, -0.25) is 19.1 Å². The minimum Gasteiger partial charge on any atom is -0.351 e. The van der Waals surface area contributed by atoms with Crippen molar-refractivity contribution in [1.29, 1.82) is 0 Å². The van der Waals surface area contributed by atoms with E-state index < -0.39 is 16.2 Å². The number of aromatic nitrogens is 2. The molecule has 3 aliphatic rings. The molecule has 2 amide bonds. The summed E-state index contributed by atoms with van der Waals surface area (Å²) in [6.07, 6.45) is 4.31. The molecule has 0 bridgehead atoms. The highest BCUT2D eigenvalue weighted by Crippen LogP contribution is 2.48. The average Bonchev–Trinajstić information content (AvgIpc) is 3.24. The number of hydrogen-bond acceptors (Lipinski definition) is 4. The summed E-state index contributed by atoms with van der Waals surface area (Å²) in [6, 6.07) is 3.38. The lowest BCUT2D eigenvalue weighted by molar-refractivity contribution is -0.140. The Morgan fingerprint density at radius 1 is 1.27 bits per heavy atom. The third-order valence-electron chi connectivity index (χ3n) is 7.01. The van der Waals surface area contributed by atoms with E-state index in [1.54, 1.807) is 4.90 Å².